The molecule has 1 atom stereocenters. The molecule has 1 N–H and O–H groups in total. The third-order valence-corrected chi connectivity index (χ3v) is 8.86. The molecule has 1 saturated heterocycles. The van der Waals surface area contributed by atoms with E-state index in [9.17, 15) is 13.2 Å². The second-order valence-electron chi connectivity index (χ2n) is 8.64. The Kier molecular flexibility index (Phi) is 7.91. The number of amides is 1. The predicted molar refractivity (Wildman–Crippen MR) is 126 cm³/mol. The number of rotatable bonds is 8. The van der Waals surface area contributed by atoms with Crippen molar-refractivity contribution in [3.8, 4) is 0 Å². The highest BCUT2D eigenvalue weighted by Gasteiger charge is 2.32. The van der Waals surface area contributed by atoms with Crippen molar-refractivity contribution in [2.24, 2.45) is 5.92 Å². The first-order valence-electron chi connectivity index (χ1n) is 10.8. The summed E-state index contributed by atoms with van der Waals surface area (Å²) in [5, 5.41) is 5.12. The maximum atomic E-state index is 13.0. The summed E-state index contributed by atoms with van der Waals surface area (Å²) in [6, 6.07) is 11.4. The molecule has 0 radical (unpaired) electrons. The van der Waals surface area contributed by atoms with Gasteiger partial charge in [-0.25, -0.2) is 8.42 Å². The maximum absolute atomic E-state index is 13.0. The number of carbonyl (C=O) groups excluding carboxylic acids is 1. The van der Waals surface area contributed by atoms with Crippen molar-refractivity contribution in [3.05, 3.63) is 52.2 Å². The minimum atomic E-state index is -3.52. The lowest BCUT2D eigenvalue weighted by atomic mass is 9.97. The average molecular weight is 464 g/mol. The van der Waals surface area contributed by atoms with Gasteiger partial charge in [-0.05, 0) is 62.0 Å². The van der Waals surface area contributed by atoms with Crippen molar-refractivity contribution in [1.29, 1.82) is 0 Å². The molecule has 1 amide bonds. The van der Waals surface area contributed by atoms with Crippen molar-refractivity contribution in [2.75, 3.05) is 33.7 Å². The number of hydrogen-bond donors (Lipinski definition) is 1. The molecule has 0 saturated carbocycles. The molecular weight excluding hydrogens is 430 g/mol. The Bertz CT molecular complexity index is 946. The highest BCUT2D eigenvalue weighted by atomic mass is 32.2. The van der Waals surface area contributed by atoms with Gasteiger partial charge in [-0.1, -0.05) is 32.0 Å². The molecule has 31 heavy (non-hydrogen) atoms. The van der Waals surface area contributed by atoms with Gasteiger partial charge in [-0.3, -0.25) is 4.79 Å². The Labute approximate surface area is 190 Å². The molecule has 0 aliphatic carbocycles. The quantitative estimate of drug-likeness (QED) is 0.648. The van der Waals surface area contributed by atoms with E-state index in [2.05, 4.69) is 30.1 Å². The first kappa shape index (κ1) is 23.9. The van der Waals surface area contributed by atoms with E-state index >= 15 is 0 Å². The van der Waals surface area contributed by atoms with E-state index in [0.29, 0.717) is 43.3 Å². The van der Waals surface area contributed by atoms with Crippen LogP contribution in [0.15, 0.2) is 46.7 Å². The molecule has 0 spiro atoms. The lowest BCUT2D eigenvalue weighted by molar-refractivity contribution is -0.126. The number of sulfonamides is 1. The van der Waals surface area contributed by atoms with Crippen molar-refractivity contribution in [2.45, 2.75) is 43.5 Å². The number of carbonyl (C=O) groups is 1. The molecule has 6 nitrogen and oxygen atoms in total. The molecule has 8 heteroatoms. The molecule has 1 aromatic carbocycles. The minimum absolute atomic E-state index is 0.0155. The summed E-state index contributed by atoms with van der Waals surface area (Å²) in [4.78, 5) is 16.4. The molecule has 170 valence electrons. The SMILES string of the molecule is CC(C)c1ccc(S(=O)(=O)N2CCC(C(=O)NCC(c3cccs3)N(C)C)CC2)cc1. The first-order valence-corrected chi connectivity index (χ1v) is 13.1. The number of nitrogens with one attached hydrogen (secondary N) is 1. The third kappa shape index (κ3) is 5.74. The Morgan fingerprint density at radius 3 is 2.32 bits per heavy atom. The van der Waals surface area contributed by atoms with Crippen LogP contribution >= 0.6 is 11.3 Å². The van der Waals surface area contributed by atoms with Gasteiger partial charge < -0.3 is 10.2 Å². The van der Waals surface area contributed by atoms with Crippen LogP contribution in [-0.4, -0.2) is 57.3 Å². The molecule has 1 aromatic heterocycles. The van der Waals surface area contributed by atoms with Crippen molar-refractivity contribution in [1.82, 2.24) is 14.5 Å². The van der Waals surface area contributed by atoms with E-state index in [4.69, 9.17) is 0 Å². The van der Waals surface area contributed by atoms with Gasteiger partial charge in [-0.15, -0.1) is 11.3 Å². The van der Waals surface area contributed by atoms with Gasteiger partial charge in [0.15, 0.2) is 0 Å². The van der Waals surface area contributed by atoms with Crippen LogP contribution in [0.4, 0.5) is 0 Å². The van der Waals surface area contributed by atoms with Crippen LogP contribution in [0.2, 0.25) is 0 Å². The summed E-state index contributed by atoms with van der Waals surface area (Å²) in [6.07, 6.45) is 1.08. The summed E-state index contributed by atoms with van der Waals surface area (Å²) >= 11 is 1.68. The lowest BCUT2D eigenvalue weighted by Crippen LogP contribution is -2.44. The molecule has 3 rings (SSSR count). The van der Waals surface area contributed by atoms with E-state index in [-0.39, 0.29) is 17.9 Å². The molecule has 1 aliphatic heterocycles. The summed E-state index contributed by atoms with van der Waals surface area (Å²) in [6.45, 7) is 5.46. The molecule has 1 fully saturated rings. The van der Waals surface area contributed by atoms with Crippen LogP contribution in [0.25, 0.3) is 0 Å². The van der Waals surface area contributed by atoms with Gasteiger partial charge in [-0.2, -0.15) is 4.31 Å². The smallest absolute Gasteiger partial charge is 0.243 e. The van der Waals surface area contributed by atoms with E-state index in [1.807, 2.05) is 37.7 Å². The normalized spacial score (nSPS) is 17.2. The minimum Gasteiger partial charge on any atom is -0.354 e. The fraction of sp³-hybridized carbons (Fsp3) is 0.522. The number of thiophene rings is 1. The van der Waals surface area contributed by atoms with Crippen molar-refractivity contribution < 1.29 is 13.2 Å². The van der Waals surface area contributed by atoms with Crippen LogP contribution in [0, 0.1) is 5.92 Å². The van der Waals surface area contributed by atoms with Gasteiger partial charge in [0.25, 0.3) is 0 Å². The zero-order chi connectivity index (χ0) is 22.6. The molecule has 0 bridgehead atoms. The topological polar surface area (TPSA) is 69.7 Å². The first-order chi connectivity index (χ1) is 14.7. The number of likely N-dealkylation sites (N-methyl/N-ethyl adjacent to an activating group) is 1. The second kappa shape index (κ2) is 10.3. The highest BCUT2D eigenvalue weighted by Crippen LogP contribution is 2.26. The summed E-state index contributed by atoms with van der Waals surface area (Å²) < 4.78 is 27.5. The summed E-state index contributed by atoms with van der Waals surface area (Å²) in [7, 11) is 0.491. The predicted octanol–water partition coefficient (Wildman–Crippen LogP) is 3.69. The Hall–Kier alpha value is -1.74. The van der Waals surface area contributed by atoms with E-state index in [1.54, 1.807) is 23.5 Å². The number of benzene rings is 1. The maximum Gasteiger partial charge on any atom is 0.243 e. The van der Waals surface area contributed by atoms with Crippen LogP contribution < -0.4 is 5.32 Å². The summed E-state index contributed by atoms with van der Waals surface area (Å²) in [5.74, 6) is 0.223. The standard InChI is InChI=1S/C23H33N3O3S2/c1-17(2)18-7-9-20(10-8-18)31(28,29)26-13-11-19(12-14-26)23(27)24-16-21(25(3)4)22-6-5-15-30-22/h5-10,15,17,19,21H,11-14,16H2,1-4H3,(H,24,27). The van der Waals surface area contributed by atoms with Crippen molar-refractivity contribution in [3.63, 3.8) is 0 Å². The zero-order valence-electron chi connectivity index (χ0n) is 18.7. The Morgan fingerprint density at radius 2 is 1.81 bits per heavy atom. The number of hydrogen-bond acceptors (Lipinski definition) is 5. The van der Waals surface area contributed by atoms with Gasteiger partial charge in [0.05, 0.1) is 10.9 Å². The van der Waals surface area contributed by atoms with E-state index in [1.165, 1.54) is 9.18 Å². The molecule has 1 unspecified atom stereocenters. The fourth-order valence-electron chi connectivity index (χ4n) is 3.89. The zero-order valence-corrected chi connectivity index (χ0v) is 20.4. The van der Waals surface area contributed by atoms with Crippen LogP contribution in [0.3, 0.4) is 0 Å². The third-order valence-electron chi connectivity index (χ3n) is 5.97. The van der Waals surface area contributed by atoms with Gasteiger partial charge in [0.2, 0.25) is 15.9 Å². The van der Waals surface area contributed by atoms with Gasteiger partial charge in [0.1, 0.15) is 0 Å². The Balaban J connectivity index is 1.55. The Morgan fingerprint density at radius 1 is 1.16 bits per heavy atom. The molecule has 2 aromatic rings. The second-order valence-corrected chi connectivity index (χ2v) is 11.6. The van der Waals surface area contributed by atoms with E-state index in [0.717, 1.165) is 5.56 Å². The summed E-state index contributed by atoms with van der Waals surface area (Å²) in [5.41, 5.74) is 1.12. The number of piperidine rings is 1. The lowest BCUT2D eigenvalue weighted by Gasteiger charge is -2.31. The number of nitrogens with zero attached hydrogens (tertiary/aromatic N) is 2. The average Bonchev–Trinajstić information content (AvgIpc) is 3.28. The molecule has 1 aliphatic rings. The fourth-order valence-corrected chi connectivity index (χ4v) is 6.28. The van der Waals surface area contributed by atoms with Crippen LogP contribution in [-0.2, 0) is 14.8 Å². The monoisotopic (exact) mass is 463 g/mol. The van der Waals surface area contributed by atoms with Crippen LogP contribution in [0.5, 0.6) is 0 Å². The molecular formula is C23H33N3O3S2. The molecule has 2 heterocycles. The van der Waals surface area contributed by atoms with E-state index < -0.39 is 10.0 Å². The largest absolute Gasteiger partial charge is 0.354 e. The van der Waals surface area contributed by atoms with Crippen LogP contribution in [0.1, 0.15) is 49.1 Å². The van der Waals surface area contributed by atoms with Crippen molar-refractivity contribution >= 4 is 27.3 Å². The van der Waals surface area contributed by atoms with Gasteiger partial charge >= 0.3 is 0 Å². The van der Waals surface area contributed by atoms with Gasteiger partial charge in [0, 0.05) is 30.4 Å². The highest BCUT2D eigenvalue weighted by molar-refractivity contribution is 7.89.